The van der Waals surface area contributed by atoms with Crippen LogP contribution >= 0.6 is 0 Å². The summed E-state index contributed by atoms with van der Waals surface area (Å²) in [6, 6.07) is 26.8. The van der Waals surface area contributed by atoms with E-state index in [2.05, 4.69) is 32.4 Å². The number of carbonyl (C=O) groups excluding carboxylic acids is 1. The summed E-state index contributed by atoms with van der Waals surface area (Å²) >= 11 is 0. The van der Waals surface area contributed by atoms with Crippen molar-refractivity contribution >= 4 is 22.6 Å². The molecule has 33 heavy (non-hydrogen) atoms. The Labute approximate surface area is 190 Å². The Morgan fingerprint density at radius 2 is 1.76 bits per heavy atom. The minimum Gasteiger partial charge on any atom is -0.439 e. The minimum atomic E-state index is -0.501. The Morgan fingerprint density at radius 3 is 2.48 bits per heavy atom. The van der Waals surface area contributed by atoms with Crippen molar-refractivity contribution in [2.24, 2.45) is 5.73 Å². The number of primary amides is 1. The summed E-state index contributed by atoms with van der Waals surface area (Å²) in [5, 5.41) is 3.39. The van der Waals surface area contributed by atoms with Gasteiger partial charge in [-0.25, -0.2) is 9.97 Å². The van der Waals surface area contributed by atoms with Crippen LogP contribution in [0.5, 0.6) is 11.6 Å². The SMILES string of the molecule is NC(=O)c1cccc2nc(-c3ccc(Oc4ccc(NCc5ccccc5)cc4)nc3)[nH]c12. The van der Waals surface area contributed by atoms with E-state index in [9.17, 15) is 4.79 Å². The molecule has 0 saturated carbocycles. The van der Waals surface area contributed by atoms with Gasteiger partial charge < -0.3 is 20.8 Å². The van der Waals surface area contributed by atoms with Gasteiger partial charge in [0.15, 0.2) is 0 Å². The van der Waals surface area contributed by atoms with E-state index in [4.69, 9.17) is 10.5 Å². The lowest BCUT2D eigenvalue weighted by Crippen LogP contribution is -2.11. The van der Waals surface area contributed by atoms with Crippen molar-refractivity contribution < 1.29 is 9.53 Å². The van der Waals surface area contributed by atoms with Crippen molar-refractivity contribution in [2.45, 2.75) is 6.54 Å². The smallest absolute Gasteiger partial charge is 0.250 e. The van der Waals surface area contributed by atoms with Gasteiger partial charge in [-0.1, -0.05) is 36.4 Å². The number of pyridine rings is 1. The molecule has 0 spiro atoms. The lowest BCUT2D eigenvalue weighted by molar-refractivity contribution is 0.100. The quantitative estimate of drug-likeness (QED) is 0.329. The van der Waals surface area contributed by atoms with Gasteiger partial charge >= 0.3 is 0 Å². The number of rotatable bonds is 7. The van der Waals surface area contributed by atoms with Crippen molar-refractivity contribution in [1.29, 1.82) is 0 Å². The van der Waals surface area contributed by atoms with Crippen molar-refractivity contribution in [1.82, 2.24) is 15.0 Å². The first-order chi connectivity index (χ1) is 16.2. The number of carbonyl (C=O) groups is 1. The monoisotopic (exact) mass is 435 g/mol. The third-order valence-electron chi connectivity index (χ3n) is 5.21. The highest BCUT2D eigenvalue weighted by molar-refractivity contribution is 6.04. The summed E-state index contributed by atoms with van der Waals surface area (Å²) < 4.78 is 5.87. The summed E-state index contributed by atoms with van der Waals surface area (Å²) in [6.07, 6.45) is 1.67. The second kappa shape index (κ2) is 8.84. The van der Waals surface area contributed by atoms with Crippen LogP contribution in [0.2, 0.25) is 0 Å². The maximum atomic E-state index is 11.6. The van der Waals surface area contributed by atoms with E-state index in [0.717, 1.165) is 17.8 Å². The number of nitrogens with two attached hydrogens (primary N) is 1. The van der Waals surface area contributed by atoms with Crippen LogP contribution < -0.4 is 15.8 Å². The Hall–Kier alpha value is -4.65. The molecule has 162 valence electrons. The van der Waals surface area contributed by atoms with Gasteiger partial charge in [0.2, 0.25) is 5.88 Å². The molecule has 4 N–H and O–H groups in total. The second-order valence-corrected chi connectivity index (χ2v) is 7.50. The normalized spacial score (nSPS) is 10.8. The summed E-state index contributed by atoms with van der Waals surface area (Å²) in [5.41, 5.74) is 10.1. The average molecular weight is 435 g/mol. The van der Waals surface area contributed by atoms with Crippen LogP contribution in [0.25, 0.3) is 22.4 Å². The predicted octanol–water partition coefficient (Wildman–Crippen LogP) is 5.13. The molecule has 2 aromatic heterocycles. The van der Waals surface area contributed by atoms with Crippen molar-refractivity contribution in [2.75, 3.05) is 5.32 Å². The van der Waals surface area contributed by atoms with Crippen molar-refractivity contribution in [3.63, 3.8) is 0 Å². The molecule has 0 atom stereocenters. The van der Waals surface area contributed by atoms with Gasteiger partial charge in [0.1, 0.15) is 11.6 Å². The number of anilines is 1. The minimum absolute atomic E-state index is 0.404. The molecule has 0 fully saturated rings. The highest BCUT2D eigenvalue weighted by Crippen LogP contribution is 2.26. The number of aromatic nitrogens is 3. The zero-order valence-electron chi connectivity index (χ0n) is 17.7. The third kappa shape index (κ3) is 4.52. The number of aromatic amines is 1. The molecule has 0 radical (unpaired) electrons. The van der Waals surface area contributed by atoms with Crippen LogP contribution in [0.4, 0.5) is 5.69 Å². The third-order valence-corrected chi connectivity index (χ3v) is 5.21. The number of nitrogens with one attached hydrogen (secondary N) is 2. The van der Waals surface area contributed by atoms with Crippen LogP contribution in [0.3, 0.4) is 0 Å². The summed E-state index contributed by atoms with van der Waals surface area (Å²) in [6.45, 7) is 0.757. The Balaban J connectivity index is 1.26. The largest absolute Gasteiger partial charge is 0.439 e. The fourth-order valence-electron chi connectivity index (χ4n) is 3.52. The number of imidazole rings is 1. The number of fused-ring (bicyclic) bond motifs is 1. The van der Waals surface area contributed by atoms with E-state index in [0.29, 0.717) is 34.1 Å². The fourth-order valence-corrected chi connectivity index (χ4v) is 3.52. The van der Waals surface area contributed by atoms with Crippen LogP contribution in [0, 0.1) is 0 Å². The molecule has 7 nitrogen and oxygen atoms in total. The van der Waals surface area contributed by atoms with E-state index in [-0.39, 0.29) is 0 Å². The first-order valence-electron chi connectivity index (χ1n) is 10.5. The Morgan fingerprint density at radius 1 is 0.939 bits per heavy atom. The zero-order chi connectivity index (χ0) is 22.6. The molecule has 0 unspecified atom stereocenters. The lowest BCUT2D eigenvalue weighted by atomic mass is 10.2. The van der Waals surface area contributed by atoms with Gasteiger partial charge in [-0.05, 0) is 48.0 Å². The standard InChI is InChI=1S/C26H21N5O2/c27-25(32)21-7-4-8-22-24(21)31-26(30-22)18-9-14-23(29-16-18)33-20-12-10-19(11-13-20)28-15-17-5-2-1-3-6-17/h1-14,16,28H,15H2,(H2,27,32)(H,30,31). The van der Waals surface area contributed by atoms with E-state index >= 15 is 0 Å². The second-order valence-electron chi connectivity index (χ2n) is 7.50. The highest BCUT2D eigenvalue weighted by Gasteiger charge is 2.12. The predicted molar refractivity (Wildman–Crippen MR) is 128 cm³/mol. The van der Waals surface area contributed by atoms with Gasteiger partial charge in [0.25, 0.3) is 5.91 Å². The number of para-hydroxylation sites is 1. The van der Waals surface area contributed by atoms with E-state index < -0.39 is 5.91 Å². The molecule has 5 rings (SSSR count). The van der Waals surface area contributed by atoms with E-state index in [1.807, 2.05) is 54.6 Å². The number of H-pyrrole nitrogens is 1. The maximum absolute atomic E-state index is 11.6. The molecule has 7 heteroatoms. The topological polar surface area (TPSA) is 106 Å². The molecule has 5 aromatic rings. The molecule has 1 amide bonds. The highest BCUT2D eigenvalue weighted by atomic mass is 16.5. The van der Waals surface area contributed by atoms with E-state index in [1.165, 1.54) is 5.56 Å². The summed E-state index contributed by atoms with van der Waals surface area (Å²) in [4.78, 5) is 23.7. The van der Waals surface area contributed by atoms with Crippen LogP contribution in [0.1, 0.15) is 15.9 Å². The zero-order valence-corrected chi connectivity index (χ0v) is 17.7. The first kappa shape index (κ1) is 20.3. The molecule has 0 aliphatic rings. The number of amides is 1. The summed E-state index contributed by atoms with van der Waals surface area (Å²) in [5.74, 6) is 1.26. The number of ether oxygens (including phenoxy) is 1. The Bertz CT molecular complexity index is 1390. The van der Waals surface area contributed by atoms with E-state index in [1.54, 1.807) is 24.4 Å². The van der Waals surface area contributed by atoms with Crippen LogP contribution in [-0.2, 0) is 6.54 Å². The maximum Gasteiger partial charge on any atom is 0.250 e. The van der Waals surface area contributed by atoms with Gasteiger partial charge in [-0.3, -0.25) is 4.79 Å². The fraction of sp³-hybridized carbons (Fsp3) is 0.0385. The Kier molecular flexibility index (Phi) is 5.43. The van der Waals surface area contributed by atoms with Gasteiger partial charge in [-0.15, -0.1) is 0 Å². The number of nitrogens with zero attached hydrogens (tertiary/aromatic N) is 2. The van der Waals surface area contributed by atoms with Gasteiger partial charge in [0, 0.05) is 30.1 Å². The number of hydrogen-bond acceptors (Lipinski definition) is 5. The molecular weight excluding hydrogens is 414 g/mol. The van der Waals surface area contributed by atoms with Crippen LogP contribution in [-0.4, -0.2) is 20.9 Å². The molecule has 3 aromatic carbocycles. The average Bonchev–Trinajstić information content (AvgIpc) is 3.29. The van der Waals surface area contributed by atoms with Crippen LogP contribution in [0.15, 0.2) is 91.1 Å². The van der Waals surface area contributed by atoms with Gasteiger partial charge in [0.05, 0.1) is 16.6 Å². The first-order valence-corrected chi connectivity index (χ1v) is 10.5. The van der Waals surface area contributed by atoms with Crippen molar-refractivity contribution in [3.8, 4) is 23.0 Å². The number of hydrogen-bond donors (Lipinski definition) is 3. The molecule has 2 heterocycles. The molecule has 0 saturated heterocycles. The molecule has 0 bridgehead atoms. The number of benzene rings is 3. The van der Waals surface area contributed by atoms with Gasteiger partial charge in [-0.2, -0.15) is 0 Å². The molecular formula is C26H21N5O2. The summed E-state index contributed by atoms with van der Waals surface area (Å²) in [7, 11) is 0. The van der Waals surface area contributed by atoms with Crippen molar-refractivity contribution in [3.05, 3.63) is 102 Å². The lowest BCUT2D eigenvalue weighted by Gasteiger charge is -2.09. The molecule has 0 aliphatic carbocycles. The molecule has 0 aliphatic heterocycles.